The molecule has 14 heavy (non-hydrogen) atoms. The molecule has 0 saturated heterocycles. The number of benzene rings is 1. The number of allylic oxidation sites excluding steroid dienone is 1. The van der Waals surface area contributed by atoms with Crippen LogP contribution in [0.2, 0.25) is 0 Å². The molecule has 1 aromatic heterocycles. The summed E-state index contributed by atoms with van der Waals surface area (Å²) in [6, 6.07) is 6.91. The average molecular weight is 186 g/mol. The van der Waals surface area contributed by atoms with E-state index in [0.717, 1.165) is 0 Å². The van der Waals surface area contributed by atoms with E-state index in [1.54, 1.807) is 18.2 Å². The van der Waals surface area contributed by atoms with Gasteiger partial charge in [0.1, 0.15) is 0 Å². The number of hydrogen-bond acceptors (Lipinski definition) is 3. The Morgan fingerprint density at radius 1 is 1.57 bits per heavy atom. The van der Waals surface area contributed by atoms with Crippen LogP contribution in [-0.4, -0.2) is 4.98 Å². The smallest absolute Gasteiger partial charge is 0.408 e. The number of oxazole rings is 1. The minimum Gasteiger partial charge on any atom is -0.408 e. The summed E-state index contributed by atoms with van der Waals surface area (Å²) in [6.07, 6.45) is 0. The molecule has 0 unspecified atom stereocenters. The lowest BCUT2D eigenvalue weighted by atomic mass is 10.1. The summed E-state index contributed by atoms with van der Waals surface area (Å²) >= 11 is 0. The van der Waals surface area contributed by atoms with Crippen LogP contribution in [0.4, 0.5) is 0 Å². The van der Waals surface area contributed by atoms with Gasteiger partial charge >= 0.3 is 5.76 Å². The maximum Gasteiger partial charge on any atom is 0.417 e. The van der Waals surface area contributed by atoms with Crippen LogP contribution in [0.5, 0.6) is 0 Å². The van der Waals surface area contributed by atoms with Gasteiger partial charge in [-0.1, -0.05) is 6.58 Å². The van der Waals surface area contributed by atoms with E-state index in [9.17, 15) is 4.79 Å². The number of nitriles is 1. The predicted molar refractivity (Wildman–Crippen MR) is 51.5 cm³/mol. The molecular weight excluding hydrogens is 180 g/mol. The molecule has 0 aliphatic rings. The van der Waals surface area contributed by atoms with Crippen LogP contribution in [0.25, 0.3) is 16.7 Å². The number of fused-ring (bicyclic) bond motifs is 1. The fourth-order valence-electron chi connectivity index (χ4n) is 1.20. The van der Waals surface area contributed by atoms with Crippen molar-refractivity contribution in [1.29, 1.82) is 5.26 Å². The molecule has 0 aliphatic heterocycles. The molecule has 2 rings (SSSR count). The molecule has 1 aromatic carbocycles. The molecule has 0 saturated carbocycles. The normalized spacial score (nSPS) is 9.93. The summed E-state index contributed by atoms with van der Waals surface area (Å²) in [5.74, 6) is -0.500. The summed E-state index contributed by atoms with van der Waals surface area (Å²) in [5, 5.41) is 8.62. The van der Waals surface area contributed by atoms with Gasteiger partial charge in [0, 0.05) is 0 Å². The number of hydrogen-bond donors (Lipinski definition) is 1. The fourth-order valence-corrected chi connectivity index (χ4v) is 1.20. The molecule has 0 fully saturated rings. The van der Waals surface area contributed by atoms with Crippen LogP contribution >= 0.6 is 0 Å². The van der Waals surface area contributed by atoms with E-state index >= 15 is 0 Å². The van der Waals surface area contributed by atoms with Crippen molar-refractivity contribution in [2.75, 3.05) is 0 Å². The van der Waals surface area contributed by atoms with Crippen molar-refractivity contribution in [3.63, 3.8) is 0 Å². The Morgan fingerprint density at radius 3 is 3.07 bits per heavy atom. The number of nitrogens with one attached hydrogen (secondary N) is 1. The molecule has 4 heteroatoms. The summed E-state index contributed by atoms with van der Waals surface area (Å²) in [6.45, 7) is 3.57. The van der Waals surface area contributed by atoms with Gasteiger partial charge in [-0.2, -0.15) is 5.26 Å². The molecule has 0 aliphatic carbocycles. The summed E-state index contributed by atoms with van der Waals surface area (Å²) in [7, 11) is 0. The Labute approximate surface area is 79.1 Å². The average Bonchev–Trinajstić information content (AvgIpc) is 2.55. The van der Waals surface area contributed by atoms with Crippen LogP contribution < -0.4 is 5.76 Å². The second-order valence-electron chi connectivity index (χ2n) is 2.82. The summed E-state index contributed by atoms with van der Waals surface area (Å²) in [4.78, 5) is 13.3. The van der Waals surface area contributed by atoms with E-state index in [-0.39, 0.29) is 0 Å². The van der Waals surface area contributed by atoms with Gasteiger partial charge in [-0.25, -0.2) is 4.79 Å². The van der Waals surface area contributed by atoms with Crippen LogP contribution in [0.3, 0.4) is 0 Å². The third-order valence-corrected chi connectivity index (χ3v) is 1.90. The van der Waals surface area contributed by atoms with Crippen molar-refractivity contribution in [2.24, 2.45) is 0 Å². The van der Waals surface area contributed by atoms with Gasteiger partial charge in [-0.05, 0) is 23.8 Å². The molecule has 0 spiro atoms. The van der Waals surface area contributed by atoms with Crippen LogP contribution in [-0.2, 0) is 0 Å². The SMILES string of the molecule is C=C(C#N)c1ccc2oc(=O)[nH]c2c1. The Hall–Kier alpha value is -2.28. The van der Waals surface area contributed by atoms with Gasteiger partial charge in [-0.15, -0.1) is 0 Å². The quantitative estimate of drug-likeness (QED) is 0.688. The number of rotatable bonds is 1. The molecule has 0 amide bonds. The molecule has 4 nitrogen and oxygen atoms in total. The highest BCUT2D eigenvalue weighted by Gasteiger charge is 2.03. The van der Waals surface area contributed by atoms with Crippen molar-refractivity contribution in [1.82, 2.24) is 4.98 Å². The fraction of sp³-hybridized carbons (Fsp3) is 0. The van der Waals surface area contributed by atoms with Crippen LogP contribution in [0, 0.1) is 11.3 Å². The highest BCUT2D eigenvalue weighted by molar-refractivity contribution is 5.82. The van der Waals surface area contributed by atoms with Crippen molar-refractivity contribution in [2.45, 2.75) is 0 Å². The van der Waals surface area contributed by atoms with Gasteiger partial charge in [-0.3, -0.25) is 4.98 Å². The van der Waals surface area contributed by atoms with Gasteiger partial charge < -0.3 is 4.42 Å². The monoisotopic (exact) mass is 186 g/mol. The third kappa shape index (κ3) is 1.21. The van der Waals surface area contributed by atoms with Gasteiger partial charge in [0.15, 0.2) is 5.58 Å². The van der Waals surface area contributed by atoms with Crippen LogP contribution in [0.15, 0.2) is 34.0 Å². The molecule has 68 valence electrons. The molecule has 1 N–H and O–H groups in total. The molecule has 1 heterocycles. The summed E-state index contributed by atoms with van der Waals surface area (Å²) in [5.41, 5.74) is 2.08. The molecular formula is C10H6N2O2. The van der Waals surface area contributed by atoms with Crippen molar-refractivity contribution in [3.05, 3.63) is 40.9 Å². The largest absolute Gasteiger partial charge is 0.417 e. The second kappa shape index (κ2) is 2.89. The Morgan fingerprint density at radius 2 is 2.36 bits per heavy atom. The second-order valence-corrected chi connectivity index (χ2v) is 2.82. The van der Waals surface area contributed by atoms with Crippen molar-refractivity contribution in [3.8, 4) is 6.07 Å². The van der Waals surface area contributed by atoms with Crippen molar-refractivity contribution >= 4 is 16.7 Å². The lowest BCUT2D eigenvalue weighted by Crippen LogP contribution is -1.92. The Balaban J connectivity index is 2.68. The van der Waals surface area contributed by atoms with Gasteiger partial charge in [0.2, 0.25) is 0 Å². The first kappa shape index (κ1) is 8.32. The minimum atomic E-state index is -0.500. The van der Waals surface area contributed by atoms with E-state index in [0.29, 0.717) is 22.2 Å². The molecule has 0 radical (unpaired) electrons. The van der Waals surface area contributed by atoms with E-state index in [4.69, 9.17) is 9.68 Å². The molecule has 0 atom stereocenters. The maximum atomic E-state index is 10.8. The highest BCUT2D eigenvalue weighted by Crippen LogP contribution is 2.17. The van der Waals surface area contributed by atoms with E-state index in [2.05, 4.69) is 11.6 Å². The predicted octanol–water partition coefficient (Wildman–Crippen LogP) is 1.66. The van der Waals surface area contributed by atoms with E-state index < -0.39 is 5.76 Å². The third-order valence-electron chi connectivity index (χ3n) is 1.90. The van der Waals surface area contributed by atoms with Crippen molar-refractivity contribution < 1.29 is 4.42 Å². The number of nitrogens with zero attached hydrogens (tertiary/aromatic N) is 1. The zero-order valence-corrected chi connectivity index (χ0v) is 7.20. The molecule has 0 bridgehead atoms. The lowest BCUT2D eigenvalue weighted by Gasteiger charge is -1.94. The first-order valence-electron chi connectivity index (χ1n) is 3.93. The highest BCUT2D eigenvalue weighted by atomic mass is 16.4. The van der Waals surface area contributed by atoms with Gasteiger partial charge in [0.05, 0.1) is 17.2 Å². The first-order valence-corrected chi connectivity index (χ1v) is 3.93. The van der Waals surface area contributed by atoms with Crippen LogP contribution in [0.1, 0.15) is 5.56 Å². The van der Waals surface area contributed by atoms with Gasteiger partial charge in [0.25, 0.3) is 0 Å². The minimum absolute atomic E-state index is 0.356. The maximum absolute atomic E-state index is 10.8. The zero-order valence-electron chi connectivity index (χ0n) is 7.20. The zero-order chi connectivity index (χ0) is 10.1. The Bertz CT molecular complexity index is 598. The topological polar surface area (TPSA) is 69.8 Å². The van der Waals surface area contributed by atoms with E-state index in [1.165, 1.54) is 0 Å². The number of aromatic amines is 1. The summed E-state index contributed by atoms with van der Waals surface area (Å²) < 4.78 is 4.81. The van der Waals surface area contributed by atoms with E-state index in [1.807, 2.05) is 6.07 Å². The first-order chi connectivity index (χ1) is 6.70. The number of H-pyrrole nitrogens is 1. The molecule has 2 aromatic rings. The lowest BCUT2D eigenvalue weighted by molar-refractivity contribution is 0.555. The standard InChI is InChI=1S/C10H6N2O2/c1-6(5-11)7-2-3-9-8(4-7)12-10(13)14-9/h2-4H,1H2,(H,12,13). The Kier molecular flexibility index (Phi) is 1.72. The number of aromatic nitrogens is 1.